The van der Waals surface area contributed by atoms with Gasteiger partial charge in [-0.05, 0) is 72.4 Å². The zero-order valence-electron chi connectivity index (χ0n) is 24.2. The van der Waals surface area contributed by atoms with E-state index >= 15 is 0 Å². The smallest absolute Gasteiger partial charge is 0.382 e. The number of rotatable bonds is 6. The van der Waals surface area contributed by atoms with Crippen molar-refractivity contribution < 1.29 is 18.0 Å². The summed E-state index contributed by atoms with van der Waals surface area (Å²) >= 11 is 0. The molecule has 2 aromatic carbocycles. The predicted molar refractivity (Wildman–Crippen MR) is 155 cm³/mol. The molecule has 3 heterocycles. The topological polar surface area (TPSA) is 38.8 Å². The van der Waals surface area contributed by atoms with E-state index in [1.807, 2.05) is 4.90 Å². The molecule has 2 atom stereocenters. The lowest BCUT2D eigenvalue weighted by Gasteiger charge is -2.33. The van der Waals surface area contributed by atoms with Crippen LogP contribution in [0, 0.1) is 18.8 Å². The van der Waals surface area contributed by atoms with Gasteiger partial charge >= 0.3 is 6.18 Å². The van der Waals surface area contributed by atoms with Crippen LogP contribution < -0.4 is 10.2 Å². The first-order valence-electron chi connectivity index (χ1n) is 14.7. The standard InChI is InChI=1S/C32H43F3N4O/c1-22-5-8-27(17-29(22)32(33,34)35)36-26-11-15-38(16-12-26)30(40)13-14-37-18-23-20-39(21-24(23)19-37)28-9-6-25(7-10-28)31(2,3)4/h5-10,17,23-24,26,36H,11-16,18-21H2,1-4H3. The van der Waals surface area contributed by atoms with Crippen molar-refractivity contribution >= 4 is 17.3 Å². The molecule has 0 bridgehead atoms. The second-order valence-electron chi connectivity index (χ2n) is 13.1. The fourth-order valence-corrected chi connectivity index (χ4v) is 6.59. The molecule has 218 valence electrons. The summed E-state index contributed by atoms with van der Waals surface area (Å²) in [6, 6.07) is 13.5. The third-order valence-corrected chi connectivity index (χ3v) is 9.06. The molecule has 3 saturated heterocycles. The van der Waals surface area contributed by atoms with Gasteiger partial charge in [-0.3, -0.25) is 4.79 Å². The summed E-state index contributed by atoms with van der Waals surface area (Å²) in [4.78, 5) is 19.8. The van der Waals surface area contributed by atoms with E-state index in [1.165, 1.54) is 30.3 Å². The molecule has 2 aromatic rings. The maximum Gasteiger partial charge on any atom is 0.416 e. The average Bonchev–Trinajstić information content (AvgIpc) is 3.47. The van der Waals surface area contributed by atoms with E-state index in [9.17, 15) is 18.0 Å². The number of nitrogens with zero attached hydrogens (tertiary/aromatic N) is 3. The van der Waals surface area contributed by atoms with Crippen molar-refractivity contribution in [3.63, 3.8) is 0 Å². The van der Waals surface area contributed by atoms with E-state index in [0.29, 0.717) is 37.0 Å². The van der Waals surface area contributed by atoms with Crippen LogP contribution >= 0.6 is 0 Å². The van der Waals surface area contributed by atoms with Crippen LogP contribution in [-0.2, 0) is 16.4 Å². The van der Waals surface area contributed by atoms with Crippen LogP contribution in [0.1, 0.15) is 56.7 Å². The monoisotopic (exact) mass is 556 g/mol. The number of hydrogen-bond acceptors (Lipinski definition) is 4. The molecule has 3 aliphatic rings. The third kappa shape index (κ3) is 6.59. The number of halogens is 3. The van der Waals surface area contributed by atoms with E-state index in [4.69, 9.17) is 0 Å². The van der Waals surface area contributed by atoms with Crippen molar-refractivity contribution in [3.8, 4) is 0 Å². The molecule has 3 fully saturated rings. The van der Waals surface area contributed by atoms with Gasteiger partial charge in [0.1, 0.15) is 0 Å². The van der Waals surface area contributed by atoms with Crippen molar-refractivity contribution in [2.45, 2.75) is 64.6 Å². The second kappa shape index (κ2) is 11.3. The SMILES string of the molecule is Cc1ccc(NC2CCN(C(=O)CCN3CC4CN(c5ccc(C(C)(C)C)cc5)CC4C3)CC2)cc1C(F)(F)F. The highest BCUT2D eigenvalue weighted by atomic mass is 19.4. The highest BCUT2D eigenvalue weighted by Gasteiger charge is 2.40. The summed E-state index contributed by atoms with van der Waals surface area (Å²) in [5.41, 5.74) is 2.95. The minimum Gasteiger partial charge on any atom is -0.382 e. The quantitative estimate of drug-likeness (QED) is 0.462. The first-order valence-corrected chi connectivity index (χ1v) is 14.7. The van der Waals surface area contributed by atoms with Gasteiger partial charge in [-0.15, -0.1) is 0 Å². The zero-order valence-corrected chi connectivity index (χ0v) is 24.2. The lowest BCUT2D eigenvalue weighted by molar-refractivity contribution is -0.138. The van der Waals surface area contributed by atoms with Crippen molar-refractivity contribution in [1.82, 2.24) is 9.80 Å². The number of carbonyl (C=O) groups excluding carboxylic acids is 1. The lowest BCUT2D eigenvalue weighted by atomic mass is 9.87. The Morgan fingerprint density at radius 2 is 1.55 bits per heavy atom. The summed E-state index contributed by atoms with van der Waals surface area (Å²) in [5, 5.41) is 3.25. The number of hydrogen-bond donors (Lipinski definition) is 1. The molecule has 0 aromatic heterocycles. The van der Waals surface area contributed by atoms with E-state index in [0.717, 1.165) is 45.6 Å². The van der Waals surface area contributed by atoms with Gasteiger partial charge in [0.05, 0.1) is 5.56 Å². The van der Waals surface area contributed by atoms with Gasteiger partial charge in [0.25, 0.3) is 0 Å². The molecule has 8 heteroatoms. The minimum atomic E-state index is -4.36. The molecule has 0 aliphatic carbocycles. The summed E-state index contributed by atoms with van der Waals surface area (Å²) in [7, 11) is 0. The Morgan fingerprint density at radius 1 is 0.925 bits per heavy atom. The van der Waals surface area contributed by atoms with Gasteiger partial charge in [-0.2, -0.15) is 13.2 Å². The summed E-state index contributed by atoms with van der Waals surface area (Å²) < 4.78 is 39.8. The van der Waals surface area contributed by atoms with Crippen molar-refractivity contribution in [2.24, 2.45) is 11.8 Å². The summed E-state index contributed by atoms with van der Waals surface area (Å²) in [6.07, 6.45) is -2.35. The molecule has 0 spiro atoms. The highest BCUT2D eigenvalue weighted by molar-refractivity contribution is 5.76. The first-order chi connectivity index (χ1) is 18.9. The molecule has 1 amide bonds. The number of carbonyl (C=O) groups is 1. The van der Waals surface area contributed by atoms with Crippen LogP contribution in [0.4, 0.5) is 24.5 Å². The molecule has 5 nitrogen and oxygen atoms in total. The first kappa shape index (κ1) is 28.8. The number of fused-ring (bicyclic) bond motifs is 1. The third-order valence-electron chi connectivity index (χ3n) is 9.06. The Balaban J connectivity index is 1.03. The molecule has 0 radical (unpaired) electrons. The van der Waals surface area contributed by atoms with Crippen LogP contribution in [0.3, 0.4) is 0 Å². The van der Waals surface area contributed by atoms with Crippen LogP contribution in [0.25, 0.3) is 0 Å². The minimum absolute atomic E-state index is 0.0680. The molecule has 3 aliphatic heterocycles. The van der Waals surface area contributed by atoms with Gasteiger partial charge in [0.15, 0.2) is 0 Å². The van der Waals surface area contributed by atoms with Crippen LogP contribution in [0.15, 0.2) is 42.5 Å². The van der Waals surface area contributed by atoms with E-state index < -0.39 is 11.7 Å². The molecule has 1 N–H and O–H groups in total. The highest BCUT2D eigenvalue weighted by Crippen LogP contribution is 2.36. The Hall–Kier alpha value is -2.74. The fraction of sp³-hybridized carbons (Fsp3) is 0.594. The van der Waals surface area contributed by atoms with E-state index in [2.05, 4.69) is 60.2 Å². The number of amides is 1. The van der Waals surface area contributed by atoms with Crippen LogP contribution in [0.5, 0.6) is 0 Å². The van der Waals surface area contributed by atoms with Gasteiger partial charge in [-0.1, -0.05) is 39.0 Å². The molecular formula is C32H43F3N4O. The fourth-order valence-electron chi connectivity index (χ4n) is 6.59. The molecule has 5 rings (SSSR count). The average molecular weight is 557 g/mol. The van der Waals surface area contributed by atoms with Crippen molar-refractivity contribution in [3.05, 3.63) is 59.2 Å². The zero-order chi connectivity index (χ0) is 28.7. The summed E-state index contributed by atoms with van der Waals surface area (Å²) in [5.74, 6) is 1.49. The van der Waals surface area contributed by atoms with Gasteiger partial charge in [0, 0.05) is 69.7 Å². The maximum absolute atomic E-state index is 13.3. The van der Waals surface area contributed by atoms with Crippen LogP contribution in [-0.4, -0.2) is 67.6 Å². The van der Waals surface area contributed by atoms with Gasteiger partial charge < -0.3 is 20.0 Å². The van der Waals surface area contributed by atoms with Crippen LogP contribution in [0.2, 0.25) is 0 Å². The molecule has 2 unspecified atom stereocenters. The molecular weight excluding hydrogens is 513 g/mol. The number of alkyl halides is 3. The Morgan fingerprint density at radius 3 is 2.12 bits per heavy atom. The number of anilines is 2. The van der Waals surface area contributed by atoms with Gasteiger partial charge in [-0.25, -0.2) is 0 Å². The molecule has 40 heavy (non-hydrogen) atoms. The van der Waals surface area contributed by atoms with E-state index in [1.54, 1.807) is 6.07 Å². The summed E-state index contributed by atoms with van der Waals surface area (Å²) in [6.45, 7) is 14.6. The Kier molecular flexibility index (Phi) is 8.10. The number of benzene rings is 2. The second-order valence-corrected chi connectivity index (χ2v) is 13.1. The molecule has 0 saturated carbocycles. The van der Waals surface area contributed by atoms with Gasteiger partial charge in [0.2, 0.25) is 5.91 Å². The lowest BCUT2D eigenvalue weighted by Crippen LogP contribution is -2.43. The number of nitrogens with one attached hydrogen (secondary N) is 1. The maximum atomic E-state index is 13.3. The van der Waals surface area contributed by atoms with Crippen molar-refractivity contribution in [1.29, 1.82) is 0 Å². The predicted octanol–water partition coefficient (Wildman–Crippen LogP) is 6.17. The van der Waals surface area contributed by atoms with E-state index in [-0.39, 0.29) is 22.9 Å². The Bertz CT molecular complexity index is 1170. The number of likely N-dealkylation sites (tertiary alicyclic amines) is 2. The number of aryl methyl sites for hydroxylation is 1. The Labute approximate surface area is 236 Å². The number of piperidine rings is 1. The normalized spacial score (nSPS) is 22.6. The van der Waals surface area contributed by atoms with Crippen molar-refractivity contribution in [2.75, 3.05) is 56.0 Å². The largest absolute Gasteiger partial charge is 0.416 e.